The van der Waals surface area contributed by atoms with Crippen molar-refractivity contribution in [3.63, 3.8) is 0 Å². The fourth-order valence-corrected chi connectivity index (χ4v) is 1.45. The van der Waals surface area contributed by atoms with E-state index >= 15 is 0 Å². The summed E-state index contributed by atoms with van der Waals surface area (Å²) in [5.41, 5.74) is 7.03. The minimum absolute atomic E-state index is 0.154. The van der Waals surface area contributed by atoms with E-state index < -0.39 is 0 Å². The van der Waals surface area contributed by atoms with Crippen molar-refractivity contribution in [3.8, 4) is 5.88 Å². The molecule has 0 aliphatic heterocycles. The van der Waals surface area contributed by atoms with Gasteiger partial charge in [-0.05, 0) is 17.7 Å². The summed E-state index contributed by atoms with van der Waals surface area (Å²) in [5.74, 6) is 0.518. The lowest BCUT2D eigenvalue weighted by Gasteiger charge is -2.00. The molecule has 20 heavy (non-hydrogen) atoms. The van der Waals surface area contributed by atoms with Gasteiger partial charge in [0, 0.05) is 5.02 Å². The molecule has 0 aliphatic carbocycles. The van der Waals surface area contributed by atoms with Crippen LogP contribution in [0.25, 0.3) is 0 Å². The number of nitrogens with zero attached hydrogens (tertiary/aromatic N) is 4. The van der Waals surface area contributed by atoms with E-state index in [0.29, 0.717) is 16.6 Å². The Hall–Kier alpha value is -2.47. The van der Waals surface area contributed by atoms with Crippen LogP contribution in [-0.4, -0.2) is 29.1 Å². The Kier molecular flexibility index (Phi) is 4.62. The highest BCUT2D eigenvalue weighted by atomic mass is 35.5. The SMILES string of the molecule is COc1cncc(/C(N)=N/N=C/c2ccc(Cl)cc2)n1. The van der Waals surface area contributed by atoms with Crippen LogP contribution in [0.15, 0.2) is 46.9 Å². The molecule has 0 amide bonds. The zero-order chi connectivity index (χ0) is 14.4. The maximum Gasteiger partial charge on any atom is 0.232 e. The maximum absolute atomic E-state index is 5.79. The van der Waals surface area contributed by atoms with E-state index in [9.17, 15) is 0 Å². The second-order valence-electron chi connectivity index (χ2n) is 3.73. The smallest absolute Gasteiger partial charge is 0.232 e. The van der Waals surface area contributed by atoms with E-state index in [-0.39, 0.29) is 5.84 Å². The van der Waals surface area contributed by atoms with Gasteiger partial charge in [-0.3, -0.25) is 4.98 Å². The number of halogens is 1. The molecule has 0 spiro atoms. The van der Waals surface area contributed by atoms with Gasteiger partial charge in [0.2, 0.25) is 5.88 Å². The van der Waals surface area contributed by atoms with Crippen molar-refractivity contribution in [2.45, 2.75) is 0 Å². The number of rotatable bonds is 4. The van der Waals surface area contributed by atoms with Crippen LogP contribution in [0.5, 0.6) is 5.88 Å². The van der Waals surface area contributed by atoms with Crippen molar-refractivity contribution < 1.29 is 4.74 Å². The summed E-state index contributed by atoms with van der Waals surface area (Å²) in [5, 5.41) is 8.41. The third-order valence-electron chi connectivity index (χ3n) is 2.33. The van der Waals surface area contributed by atoms with Crippen molar-refractivity contribution >= 4 is 23.7 Å². The summed E-state index contributed by atoms with van der Waals surface area (Å²) in [4.78, 5) is 8.03. The zero-order valence-electron chi connectivity index (χ0n) is 10.7. The monoisotopic (exact) mass is 289 g/mol. The number of methoxy groups -OCH3 is 1. The second kappa shape index (κ2) is 6.63. The summed E-state index contributed by atoms with van der Waals surface area (Å²) >= 11 is 5.79. The molecule has 7 heteroatoms. The van der Waals surface area contributed by atoms with Crippen LogP contribution in [-0.2, 0) is 0 Å². The molecule has 0 saturated heterocycles. The Morgan fingerprint density at radius 3 is 2.75 bits per heavy atom. The Morgan fingerprint density at radius 2 is 2.05 bits per heavy atom. The molecule has 102 valence electrons. The maximum atomic E-state index is 5.79. The minimum atomic E-state index is 0.154. The predicted octanol–water partition coefficient (Wildman–Crippen LogP) is 1.88. The Morgan fingerprint density at radius 1 is 1.30 bits per heavy atom. The van der Waals surface area contributed by atoms with Gasteiger partial charge in [0.05, 0.1) is 25.7 Å². The van der Waals surface area contributed by atoms with Crippen LogP contribution in [0.2, 0.25) is 5.02 Å². The predicted molar refractivity (Wildman–Crippen MR) is 78.4 cm³/mol. The normalized spacial score (nSPS) is 11.8. The number of hydrogen-bond donors (Lipinski definition) is 1. The molecular weight excluding hydrogens is 278 g/mol. The highest BCUT2D eigenvalue weighted by Crippen LogP contribution is 2.08. The number of amidine groups is 1. The summed E-state index contributed by atoms with van der Waals surface area (Å²) < 4.78 is 4.95. The number of nitrogens with two attached hydrogens (primary N) is 1. The number of aromatic nitrogens is 2. The molecule has 0 atom stereocenters. The summed E-state index contributed by atoms with van der Waals surface area (Å²) in [7, 11) is 1.50. The van der Waals surface area contributed by atoms with Gasteiger partial charge < -0.3 is 10.5 Å². The zero-order valence-corrected chi connectivity index (χ0v) is 11.4. The van der Waals surface area contributed by atoms with E-state index in [1.807, 2.05) is 12.1 Å². The molecule has 0 unspecified atom stereocenters. The minimum Gasteiger partial charge on any atom is -0.480 e. The van der Waals surface area contributed by atoms with E-state index in [2.05, 4.69) is 20.2 Å². The molecule has 0 radical (unpaired) electrons. The van der Waals surface area contributed by atoms with Crippen molar-refractivity contribution in [1.29, 1.82) is 0 Å². The lowest BCUT2D eigenvalue weighted by atomic mass is 10.2. The quantitative estimate of drug-likeness (QED) is 0.529. The fraction of sp³-hybridized carbons (Fsp3) is 0.0769. The Labute approximate surface area is 121 Å². The lowest BCUT2D eigenvalue weighted by Crippen LogP contribution is -2.15. The largest absolute Gasteiger partial charge is 0.480 e. The fourth-order valence-electron chi connectivity index (χ4n) is 1.33. The van der Waals surface area contributed by atoms with Gasteiger partial charge in [-0.25, -0.2) is 4.98 Å². The van der Waals surface area contributed by atoms with Crippen LogP contribution in [0.1, 0.15) is 11.3 Å². The standard InChI is InChI=1S/C13H12ClN5O/c1-20-12-8-16-7-11(18-12)13(15)19-17-6-9-2-4-10(14)5-3-9/h2-8H,1H3,(H2,15,19)/b17-6+. The van der Waals surface area contributed by atoms with Gasteiger partial charge in [0.1, 0.15) is 5.69 Å². The molecule has 0 aliphatic rings. The number of benzene rings is 1. The van der Waals surface area contributed by atoms with Crippen LogP contribution in [0.4, 0.5) is 0 Å². The average Bonchev–Trinajstić information content (AvgIpc) is 2.49. The summed E-state index contributed by atoms with van der Waals surface area (Å²) in [6.45, 7) is 0. The molecule has 2 rings (SSSR count). The molecule has 1 heterocycles. The van der Waals surface area contributed by atoms with E-state index in [0.717, 1.165) is 5.56 Å². The summed E-state index contributed by atoms with van der Waals surface area (Å²) in [6.07, 6.45) is 4.53. The van der Waals surface area contributed by atoms with Crippen LogP contribution >= 0.6 is 11.6 Å². The first-order valence-corrected chi connectivity index (χ1v) is 6.05. The third kappa shape index (κ3) is 3.76. The number of hydrogen-bond acceptors (Lipinski definition) is 5. The van der Waals surface area contributed by atoms with Gasteiger partial charge in [-0.15, -0.1) is 5.10 Å². The van der Waals surface area contributed by atoms with Crippen molar-refractivity contribution in [2.24, 2.45) is 15.9 Å². The highest BCUT2D eigenvalue weighted by Gasteiger charge is 2.02. The second-order valence-corrected chi connectivity index (χ2v) is 4.16. The Balaban J connectivity index is 2.11. The first-order valence-electron chi connectivity index (χ1n) is 5.67. The van der Waals surface area contributed by atoms with E-state index in [1.54, 1.807) is 18.3 Å². The van der Waals surface area contributed by atoms with Gasteiger partial charge in [0.25, 0.3) is 0 Å². The van der Waals surface area contributed by atoms with Gasteiger partial charge in [0.15, 0.2) is 5.84 Å². The van der Waals surface area contributed by atoms with Gasteiger partial charge >= 0.3 is 0 Å². The van der Waals surface area contributed by atoms with E-state index in [1.165, 1.54) is 19.5 Å². The lowest BCUT2D eigenvalue weighted by molar-refractivity contribution is 0.395. The Bertz CT molecular complexity index is 639. The van der Waals surface area contributed by atoms with Crippen molar-refractivity contribution in [1.82, 2.24) is 9.97 Å². The van der Waals surface area contributed by atoms with E-state index in [4.69, 9.17) is 22.1 Å². The molecule has 1 aromatic heterocycles. The highest BCUT2D eigenvalue weighted by molar-refractivity contribution is 6.30. The molecule has 1 aromatic carbocycles. The first kappa shape index (κ1) is 14.0. The van der Waals surface area contributed by atoms with Crippen LogP contribution in [0, 0.1) is 0 Å². The van der Waals surface area contributed by atoms with Crippen LogP contribution in [0.3, 0.4) is 0 Å². The molecule has 0 bridgehead atoms. The molecule has 2 N–H and O–H groups in total. The molecule has 0 saturated carbocycles. The van der Waals surface area contributed by atoms with Crippen LogP contribution < -0.4 is 10.5 Å². The summed E-state index contributed by atoms with van der Waals surface area (Å²) in [6, 6.07) is 7.18. The first-order chi connectivity index (χ1) is 9.69. The molecule has 6 nitrogen and oxygen atoms in total. The molecular formula is C13H12ClN5O. The molecule has 0 fully saturated rings. The van der Waals surface area contributed by atoms with Gasteiger partial charge in [-0.1, -0.05) is 23.7 Å². The van der Waals surface area contributed by atoms with Gasteiger partial charge in [-0.2, -0.15) is 5.10 Å². The average molecular weight is 290 g/mol. The third-order valence-corrected chi connectivity index (χ3v) is 2.58. The number of ether oxygens (including phenoxy) is 1. The van der Waals surface area contributed by atoms with Crippen molar-refractivity contribution in [3.05, 3.63) is 52.9 Å². The topological polar surface area (TPSA) is 85.8 Å². The molecule has 2 aromatic rings. The van der Waals surface area contributed by atoms with Crippen molar-refractivity contribution in [2.75, 3.05) is 7.11 Å².